The predicted octanol–water partition coefficient (Wildman–Crippen LogP) is 5.29. The normalized spacial score (nSPS) is 11.6. The number of carbonyl (C=O) groups is 1. The van der Waals surface area contributed by atoms with Crippen molar-refractivity contribution in [1.29, 1.82) is 0 Å². The van der Waals surface area contributed by atoms with Gasteiger partial charge >= 0.3 is 16.1 Å². The molecule has 0 saturated heterocycles. The van der Waals surface area contributed by atoms with Crippen molar-refractivity contribution in [1.82, 2.24) is 0 Å². The van der Waals surface area contributed by atoms with Gasteiger partial charge < -0.3 is 0 Å². The molecule has 0 aliphatic carbocycles. The lowest BCUT2D eigenvalue weighted by Gasteiger charge is -2.04. The monoisotopic (exact) mass is 364 g/mol. The van der Waals surface area contributed by atoms with Crippen LogP contribution in [-0.4, -0.2) is 20.1 Å². The molecule has 0 aliphatic heterocycles. The van der Waals surface area contributed by atoms with Crippen molar-refractivity contribution in [3.63, 3.8) is 0 Å². The standard InChI is InChI=1S/C18H36O5S/c1-3-4-5-6-7-8-9-10-11-12-13-14-15-16-17-24(20,21)23-22-18(2)19/h3-17H2,1-2H3. The fraction of sp³-hybridized carbons (Fsp3) is 0.944. The third-order valence-electron chi connectivity index (χ3n) is 4.00. The van der Waals surface area contributed by atoms with E-state index < -0.39 is 16.1 Å². The molecule has 0 spiro atoms. The Kier molecular flexibility index (Phi) is 15.5. The zero-order valence-corrected chi connectivity index (χ0v) is 16.4. The first-order valence-electron chi connectivity index (χ1n) is 9.57. The molecule has 0 aliphatic rings. The molecule has 144 valence electrons. The second kappa shape index (κ2) is 15.9. The highest BCUT2D eigenvalue weighted by molar-refractivity contribution is 7.86. The van der Waals surface area contributed by atoms with Crippen LogP contribution in [0.2, 0.25) is 0 Å². The van der Waals surface area contributed by atoms with Gasteiger partial charge in [-0.15, -0.1) is 0 Å². The van der Waals surface area contributed by atoms with Gasteiger partial charge in [-0.05, 0) is 6.42 Å². The number of hydrogen-bond acceptors (Lipinski definition) is 5. The summed E-state index contributed by atoms with van der Waals surface area (Å²) in [7, 11) is -3.74. The van der Waals surface area contributed by atoms with Gasteiger partial charge in [0.1, 0.15) is 0 Å². The predicted molar refractivity (Wildman–Crippen MR) is 96.9 cm³/mol. The van der Waals surface area contributed by atoms with E-state index in [-0.39, 0.29) is 5.75 Å². The smallest absolute Gasteiger partial charge is 0.282 e. The largest absolute Gasteiger partial charge is 0.340 e. The molecular formula is C18H36O5S. The summed E-state index contributed by atoms with van der Waals surface area (Å²) in [4.78, 5) is 14.5. The van der Waals surface area contributed by atoms with Crippen LogP contribution in [0.1, 0.15) is 104 Å². The van der Waals surface area contributed by atoms with Crippen LogP contribution in [-0.2, 0) is 24.1 Å². The van der Waals surface area contributed by atoms with E-state index in [1.165, 1.54) is 64.2 Å². The Hall–Kier alpha value is -0.620. The molecule has 5 nitrogen and oxygen atoms in total. The maximum Gasteiger partial charge on any atom is 0.340 e. The number of hydrogen-bond donors (Lipinski definition) is 0. The van der Waals surface area contributed by atoms with Gasteiger partial charge in [-0.2, -0.15) is 8.42 Å². The number of unbranched alkanes of at least 4 members (excludes halogenated alkanes) is 13. The van der Waals surface area contributed by atoms with Gasteiger partial charge in [0, 0.05) is 6.92 Å². The van der Waals surface area contributed by atoms with Crippen molar-refractivity contribution in [3.05, 3.63) is 0 Å². The topological polar surface area (TPSA) is 69.7 Å². The van der Waals surface area contributed by atoms with Crippen molar-refractivity contribution < 1.29 is 22.4 Å². The molecule has 0 bridgehead atoms. The zero-order chi connectivity index (χ0) is 18.1. The summed E-state index contributed by atoms with van der Waals surface area (Å²) in [6, 6.07) is 0. The molecule has 24 heavy (non-hydrogen) atoms. The number of rotatable bonds is 17. The van der Waals surface area contributed by atoms with Gasteiger partial charge in [0.05, 0.1) is 5.75 Å². The second-order valence-electron chi connectivity index (χ2n) is 6.50. The Bertz CT molecular complexity index is 392. The van der Waals surface area contributed by atoms with Crippen LogP contribution in [0.25, 0.3) is 0 Å². The lowest BCUT2D eigenvalue weighted by Crippen LogP contribution is -2.13. The summed E-state index contributed by atoms with van der Waals surface area (Å²) in [5.74, 6) is -0.863. The molecule has 0 aromatic rings. The molecule has 0 amide bonds. The fourth-order valence-corrected chi connectivity index (χ4v) is 3.43. The van der Waals surface area contributed by atoms with Crippen molar-refractivity contribution in [3.8, 4) is 0 Å². The average molecular weight is 365 g/mol. The van der Waals surface area contributed by atoms with Crippen LogP contribution in [0.4, 0.5) is 0 Å². The number of carbonyl (C=O) groups excluding carboxylic acids is 1. The highest BCUT2D eigenvalue weighted by Gasteiger charge is 2.13. The SMILES string of the molecule is CCCCCCCCCCCCCCCCS(=O)(=O)OOC(C)=O. The molecule has 0 fully saturated rings. The summed E-state index contributed by atoms with van der Waals surface area (Å²) in [6.45, 7) is 3.34. The van der Waals surface area contributed by atoms with Crippen LogP contribution >= 0.6 is 0 Å². The Balaban J connectivity index is 3.26. The minimum atomic E-state index is -3.74. The molecular weight excluding hydrogens is 328 g/mol. The minimum absolute atomic E-state index is 0.0989. The third-order valence-corrected chi connectivity index (χ3v) is 5.07. The van der Waals surface area contributed by atoms with E-state index in [1.807, 2.05) is 0 Å². The first-order valence-corrected chi connectivity index (χ1v) is 11.1. The molecule has 0 N–H and O–H groups in total. The van der Waals surface area contributed by atoms with Gasteiger partial charge in [-0.1, -0.05) is 94.7 Å². The van der Waals surface area contributed by atoms with Crippen LogP contribution in [0.5, 0.6) is 0 Å². The summed E-state index contributed by atoms with van der Waals surface area (Å²) in [6.07, 6.45) is 17.0. The van der Waals surface area contributed by atoms with E-state index in [9.17, 15) is 13.2 Å². The molecule has 0 heterocycles. The van der Waals surface area contributed by atoms with Crippen LogP contribution < -0.4 is 0 Å². The van der Waals surface area contributed by atoms with Crippen molar-refractivity contribution in [2.75, 3.05) is 5.75 Å². The Morgan fingerprint density at radius 3 is 1.46 bits per heavy atom. The fourth-order valence-electron chi connectivity index (χ4n) is 2.61. The van der Waals surface area contributed by atoms with E-state index in [0.29, 0.717) is 6.42 Å². The first-order chi connectivity index (χ1) is 11.5. The van der Waals surface area contributed by atoms with Gasteiger partial charge in [0.25, 0.3) is 0 Å². The van der Waals surface area contributed by atoms with Crippen LogP contribution in [0.3, 0.4) is 0 Å². The van der Waals surface area contributed by atoms with Crippen molar-refractivity contribution in [2.45, 2.75) is 104 Å². The molecule has 0 radical (unpaired) electrons. The van der Waals surface area contributed by atoms with Crippen molar-refractivity contribution >= 4 is 16.1 Å². The molecule has 0 unspecified atom stereocenters. The third kappa shape index (κ3) is 17.7. The van der Waals surface area contributed by atoms with Gasteiger partial charge in [0.2, 0.25) is 0 Å². The highest BCUT2D eigenvalue weighted by Crippen LogP contribution is 2.13. The molecule has 0 aromatic carbocycles. The Morgan fingerprint density at radius 2 is 1.08 bits per heavy atom. The lowest BCUT2D eigenvalue weighted by atomic mass is 10.0. The summed E-state index contributed by atoms with van der Waals surface area (Å²) >= 11 is 0. The van der Waals surface area contributed by atoms with Gasteiger partial charge in [-0.25, -0.2) is 4.79 Å². The maximum absolute atomic E-state index is 11.4. The molecule has 0 atom stereocenters. The Labute approximate surface area is 148 Å². The molecule has 6 heteroatoms. The summed E-state index contributed by atoms with van der Waals surface area (Å²) in [5, 5.41) is 0. The van der Waals surface area contributed by atoms with Crippen molar-refractivity contribution in [2.24, 2.45) is 0 Å². The van der Waals surface area contributed by atoms with E-state index in [2.05, 4.69) is 16.1 Å². The van der Waals surface area contributed by atoms with E-state index >= 15 is 0 Å². The molecule has 0 aromatic heterocycles. The zero-order valence-electron chi connectivity index (χ0n) is 15.6. The molecule has 0 saturated carbocycles. The average Bonchev–Trinajstić information content (AvgIpc) is 2.53. The maximum atomic E-state index is 11.4. The summed E-state index contributed by atoms with van der Waals surface area (Å²) in [5.41, 5.74) is 0. The quantitative estimate of drug-likeness (QED) is 0.199. The van der Waals surface area contributed by atoms with E-state index in [4.69, 9.17) is 0 Å². The first kappa shape index (κ1) is 23.4. The van der Waals surface area contributed by atoms with Crippen LogP contribution in [0.15, 0.2) is 0 Å². The lowest BCUT2D eigenvalue weighted by molar-refractivity contribution is -0.208. The van der Waals surface area contributed by atoms with Gasteiger partial charge in [0.15, 0.2) is 0 Å². The van der Waals surface area contributed by atoms with E-state index in [0.717, 1.165) is 26.2 Å². The summed E-state index contributed by atoms with van der Waals surface area (Å²) < 4.78 is 26.8. The van der Waals surface area contributed by atoms with Gasteiger partial charge in [-0.3, -0.25) is 4.89 Å². The Morgan fingerprint density at radius 1 is 0.708 bits per heavy atom. The highest BCUT2D eigenvalue weighted by atomic mass is 32.2. The molecule has 0 rings (SSSR count). The minimum Gasteiger partial charge on any atom is -0.282 e. The second-order valence-corrected chi connectivity index (χ2v) is 8.16. The van der Waals surface area contributed by atoms with E-state index in [1.54, 1.807) is 0 Å². The van der Waals surface area contributed by atoms with Crippen LogP contribution in [0, 0.1) is 0 Å².